The molecule has 1 amide bonds. The third-order valence-electron chi connectivity index (χ3n) is 4.19. The standard InChI is InChI=1S/C21H20ClN3O3S/c1-14(19(26)24-13-15-6-8-16(9-7-15)20(27)28-2)29-21-23-10-11-25(21)18-5-3-4-17(22)12-18/h3-12,14H,13H2,1-2H3,(H,24,26). The van der Waals surface area contributed by atoms with E-state index >= 15 is 0 Å². The number of ether oxygens (including phenoxy) is 1. The van der Waals surface area contributed by atoms with Crippen LogP contribution in [-0.2, 0) is 16.1 Å². The van der Waals surface area contributed by atoms with Gasteiger partial charge in [-0.15, -0.1) is 0 Å². The maximum absolute atomic E-state index is 12.5. The molecule has 1 N–H and O–H groups in total. The summed E-state index contributed by atoms with van der Waals surface area (Å²) in [4.78, 5) is 28.3. The molecule has 0 aliphatic carbocycles. The molecule has 1 heterocycles. The van der Waals surface area contributed by atoms with Gasteiger partial charge in [0, 0.05) is 29.6 Å². The molecule has 150 valence electrons. The maximum Gasteiger partial charge on any atom is 0.337 e. The Morgan fingerprint density at radius 2 is 2.00 bits per heavy atom. The minimum absolute atomic E-state index is 0.104. The molecule has 1 aromatic heterocycles. The van der Waals surface area contributed by atoms with Gasteiger partial charge >= 0.3 is 5.97 Å². The van der Waals surface area contributed by atoms with Crippen LogP contribution in [0.15, 0.2) is 66.1 Å². The fraction of sp³-hybridized carbons (Fsp3) is 0.190. The van der Waals surface area contributed by atoms with Gasteiger partial charge in [-0.3, -0.25) is 9.36 Å². The van der Waals surface area contributed by atoms with Crippen LogP contribution in [0.5, 0.6) is 0 Å². The maximum atomic E-state index is 12.5. The molecule has 3 aromatic rings. The Morgan fingerprint density at radius 1 is 1.24 bits per heavy atom. The first kappa shape index (κ1) is 21.0. The Kier molecular flexibility index (Phi) is 6.95. The summed E-state index contributed by atoms with van der Waals surface area (Å²) in [7, 11) is 1.34. The first-order valence-electron chi connectivity index (χ1n) is 8.89. The van der Waals surface area contributed by atoms with E-state index in [4.69, 9.17) is 11.6 Å². The third kappa shape index (κ3) is 5.40. The number of nitrogens with one attached hydrogen (secondary N) is 1. The van der Waals surface area contributed by atoms with Gasteiger partial charge < -0.3 is 10.1 Å². The molecule has 3 rings (SSSR count). The summed E-state index contributed by atoms with van der Waals surface area (Å²) in [6.45, 7) is 2.20. The molecular formula is C21H20ClN3O3S. The molecule has 0 aliphatic rings. The van der Waals surface area contributed by atoms with E-state index < -0.39 is 0 Å². The van der Waals surface area contributed by atoms with Crippen LogP contribution in [0.4, 0.5) is 0 Å². The van der Waals surface area contributed by atoms with Gasteiger partial charge in [0.1, 0.15) is 0 Å². The molecule has 2 aromatic carbocycles. The predicted octanol–water partition coefficient (Wildman–Crippen LogP) is 4.11. The van der Waals surface area contributed by atoms with E-state index in [-0.39, 0.29) is 17.1 Å². The van der Waals surface area contributed by atoms with Crippen LogP contribution in [0.3, 0.4) is 0 Å². The number of aromatic nitrogens is 2. The van der Waals surface area contributed by atoms with Crippen molar-refractivity contribution in [1.82, 2.24) is 14.9 Å². The number of esters is 1. The number of methoxy groups -OCH3 is 1. The fourth-order valence-electron chi connectivity index (χ4n) is 2.62. The van der Waals surface area contributed by atoms with Crippen LogP contribution < -0.4 is 5.32 Å². The molecule has 8 heteroatoms. The highest BCUT2D eigenvalue weighted by atomic mass is 35.5. The van der Waals surface area contributed by atoms with Crippen molar-refractivity contribution < 1.29 is 14.3 Å². The number of halogens is 1. The summed E-state index contributed by atoms with van der Waals surface area (Å²) in [5.41, 5.74) is 2.25. The zero-order chi connectivity index (χ0) is 20.8. The van der Waals surface area contributed by atoms with Crippen LogP contribution >= 0.6 is 23.4 Å². The molecular weight excluding hydrogens is 410 g/mol. The van der Waals surface area contributed by atoms with E-state index in [0.29, 0.717) is 22.3 Å². The van der Waals surface area contributed by atoms with Crippen molar-refractivity contribution in [2.75, 3.05) is 7.11 Å². The van der Waals surface area contributed by atoms with E-state index in [1.165, 1.54) is 18.9 Å². The average Bonchev–Trinajstić information content (AvgIpc) is 3.19. The Balaban J connectivity index is 1.59. The van der Waals surface area contributed by atoms with Crippen molar-refractivity contribution in [3.63, 3.8) is 0 Å². The highest BCUT2D eigenvalue weighted by Gasteiger charge is 2.18. The monoisotopic (exact) mass is 429 g/mol. The minimum atomic E-state index is -0.388. The van der Waals surface area contributed by atoms with E-state index in [9.17, 15) is 9.59 Å². The Hall–Kier alpha value is -2.77. The molecule has 1 unspecified atom stereocenters. The number of carbonyl (C=O) groups excluding carboxylic acids is 2. The number of hydrogen-bond donors (Lipinski definition) is 1. The Labute approximate surface area is 178 Å². The van der Waals surface area contributed by atoms with Gasteiger partial charge in [0.25, 0.3) is 0 Å². The molecule has 29 heavy (non-hydrogen) atoms. The third-order valence-corrected chi connectivity index (χ3v) is 5.50. The number of amides is 1. The summed E-state index contributed by atoms with van der Waals surface area (Å²) in [5, 5.41) is 3.91. The van der Waals surface area contributed by atoms with Crippen LogP contribution in [0.1, 0.15) is 22.8 Å². The smallest absolute Gasteiger partial charge is 0.337 e. The highest BCUT2D eigenvalue weighted by Crippen LogP contribution is 2.25. The number of rotatable bonds is 7. The summed E-state index contributed by atoms with van der Waals surface area (Å²) < 4.78 is 6.57. The van der Waals surface area contributed by atoms with Crippen molar-refractivity contribution in [1.29, 1.82) is 0 Å². The second kappa shape index (κ2) is 9.62. The number of imidazole rings is 1. The van der Waals surface area contributed by atoms with Crippen molar-refractivity contribution in [3.8, 4) is 5.69 Å². The van der Waals surface area contributed by atoms with Crippen LogP contribution in [0, 0.1) is 0 Å². The minimum Gasteiger partial charge on any atom is -0.465 e. The molecule has 0 saturated carbocycles. The first-order chi connectivity index (χ1) is 14.0. The summed E-state index contributed by atoms with van der Waals surface area (Å²) >= 11 is 7.44. The normalized spacial score (nSPS) is 11.7. The number of benzene rings is 2. The molecule has 0 spiro atoms. The average molecular weight is 430 g/mol. The molecule has 0 radical (unpaired) electrons. The lowest BCUT2D eigenvalue weighted by Crippen LogP contribution is -2.30. The van der Waals surface area contributed by atoms with Crippen molar-refractivity contribution in [3.05, 3.63) is 77.1 Å². The van der Waals surface area contributed by atoms with Crippen molar-refractivity contribution in [2.45, 2.75) is 23.9 Å². The Bertz CT molecular complexity index is 1000. The summed E-state index contributed by atoms with van der Waals surface area (Å²) in [6.07, 6.45) is 3.53. The van der Waals surface area contributed by atoms with E-state index in [1.54, 1.807) is 30.5 Å². The van der Waals surface area contributed by atoms with Gasteiger partial charge in [-0.1, -0.05) is 41.6 Å². The predicted molar refractivity (Wildman–Crippen MR) is 114 cm³/mol. The van der Waals surface area contributed by atoms with Gasteiger partial charge in [0.05, 0.1) is 17.9 Å². The lowest BCUT2D eigenvalue weighted by molar-refractivity contribution is -0.120. The molecule has 0 aliphatic heterocycles. The number of hydrogen-bond acceptors (Lipinski definition) is 5. The largest absolute Gasteiger partial charge is 0.465 e. The lowest BCUT2D eigenvalue weighted by Gasteiger charge is -2.13. The molecule has 0 fully saturated rings. The molecule has 0 saturated heterocycles. The second-order valence-corrected chi connectivity index (χ2v) is 7.97. The van der Waals surface area contributed by atoms with Gasteiger partial charge in [-0.25, -0.2) is 9.78 Å². The second-order valence-electron chi connectivity index (χ2n) is 6.23. The quantitative estimate of drug-likeness (QED) is 0.452. The van der Waals surface area contributed by atoms with Gasteiger partial charge in [-0.2, -0.15) is 0 Å². The molecule has 6 nitrogen and oxygen atoms in total. The van der Waals surface area contributed by atoms with Gasteiger partial charge in [0.2, 0.25) is 5.91 Å². The van der Waals surface area contributed by atoms with E-state index in [1.807, 2.05) is 42.0 Å². The van der Waals surface area contributed by atoms with E-state index in [0.717, 1.165) is 11.3 Å². The zero-order valence-corrected chi connectivity index (χ0v) is 17.5. The first-order valence-corrected chi connectivity index (χ1v) is 10.1. The number of carbonyl (C=O) groups is 2. The lowest BCUT2D eigenvalue weighted by atomic mass is 10.1. The highest BCUT2D eigenvalue weighted by molar-refractivity contribution is 8.00. The Morgan fingerprint density at radius 3 is 2.69 bits per heavy atom. The van der Waals surface area contributed by atoms with Crippen LogP contribution in [0.25, 0.3) is 5.69 Å². The van der Waals surface area contributed by atoms with Gasteiger partial charge in [0.15, 0.2) is 5.16 Å². The topological polar surface area (TPSA) is 73.2 Å². The number of nitrogens with zero attached hydrogens (tertiary/aromatic N) is 2. The summed E-state index contributed by atoms with van der Waals surface area (Å²) in [5.74, 6) is -0.492. The van der Waals surface area contributed by atoms with Gasteiger partial charge in [-0.05, 0) is 42.8 Å². The fourth-order valence-corrected chi connectivity index (χ4v) is 3.71. The van der Waals surface area contributed by atoms with Crippen molar-refractivity contribution >= 4 is 35.2 Å². The van der Waals surface area contributed by atoms with Crippen LogP contribution in [-0.4, -0.2) is 33.8 Å². The molecule has 1 atom stereocenters. The number of thioether (sulfide) groups is 1. The van der Waals surface area contributed by atoms with Crippen LogP contribution in [0.2, 0.25) is 5.02 Å². The van der Waals surface area contributed by atoms with E-state index in [2.05, 4.69) is 15.0 Å². The zero-order valence-electron chi connectivity index (χ0n) is 16.0. The molecule has 0 bridgehead atoms. The van der Waals surface area contributed by atoms with Crippen molar-refractivity contribution in [2.24, 2.45) is 0 Å². The summed E-state index contributed by atoms with van der Waals surface area (Å²) in [6, 6.07) is 14.4. The SMILES string of the molecule is COC(=O)c1ccc(CNC(=O)C(C)Sc2nccn2-c2cccc(Cl)c2)cc1.